The second kappa shape index (κ2) is 8.96. The zero-order valence-electron chi connectivity index (χ0n) is 15.5. The highest BCUT2D eigenvalue weighted by molar-refractivity contribution is 7.89. The number of aryl methyl sites for hydroxylation is 2. The molecule has 2 aromatic rings. The second-order valence-electron chi connectivity index (χ2n) is 6.81. The Morgan fingerprint density at radius 1 is 1.08 bits per heavy atom. The number of rotatable bonds is 8. The van der Waals surface area contributed by atoms with E-state index in [1.54, 1.807) is 24.3 Å². The van der Waals surface area contributed by atoms with Crippen molar-refractivity contribution in [2.45, 2.75) is 38.5 Å². The molecule has 0 aliphatic rings. The first-order chi connectivity index (χ1) is 12.3. The van der Waals surface area contributed by atoms with Crippen LogP contribution in [0.5, 0.6) is 0 Å². The van der Waals surface area contributed by atoms with Crippen molar-refractivity contribution in [3.05, 3.63) is 59.7 Å². The maximum atomic E-state index is 12.2. The molecule has 0 radical (unpaired) electrons. The van der Waals surface area contributed by atoms with Gasteiger partial charge in [0.25, 0.3) is 0 Å². The van der Waals surface area contributed by atoms with Gasteiger partial charge in [0, 0.05) is 18.7 Å². The fourth-order valence-electron chi connectivity index (χ4n) is 2.40. The minimum atomic E-state index is -3.48. The van der Waals surface area contributed by atoms with Crippen LogP contribution in [0.3, 0.4) is 0 Å². The van der Waals surface area contributed by atoms with E-state index < -0.39 is 10.0 Å². The van der Waals surface area contributed by atoms with Gasteiger partial charge in [-0.25, -0.2) is 13.1 Å². The lowest BCUT2D eigenvalue weighted by Crippen LogP contribution is -2.27. The summed E-state index contributed by atoms with van der Waals surface area (Å²) in [6.07, 6.45) is 0.892. The third-order valence-electron chi connectivity index (χ3n) is 3.86. The molecule has 0 atom stereocenters. The largest absolute Gasteiger partial charge is 0.326 e. The molecule has 0 unspecified atom stereocenters. The van der Waals surface area contributed by atoms with Crippen LogP contribution < -0.4 is 10.0 Å². The van der Waals surface area contributed by atoms with Gasteiger partial charge in [0.05, 0.1) is 4.90 Å². The van der Waals surface area contributed by atoms with E-state index in [2.05, 4.69) is 10.0 Å². The zero-order valence-corrected chi connectivity index (χ0v) is 16.3. The maximum Gasteiger partial charge on any atom is 0.240 e. The van der Waals surface area contributed by atoms with Gasteiger partial charge in [-0.1, -0.05) is 38.1 Å². The summed E-state index contributed by atoms with van der Waals surface area (Å²) in [5.41, 5.74) is 2.80. The number of anilines is 1. The molecule has 2 N–H and O–H groups in total. The van der Waals surface area contributed by atoms with E-state index in [0.717, 1.165) is 16.8 Å². The lowest BCUT2D eigenvalue weighted by molar-refractivity contribution is -0.116. The van der Waals surface area contributed by atoms with Crippen LogP contribution in [0, 0.1) is 12.8 Å². The molecule has 0 aliphatic heterocycles. The van der Waals surface area contributed by atoms with Crippen molar-refractivity contribution in [3.63, 3.8) is 0 Å². The standard InChI is InChI=1S/C20H26N2O3S/c1-15(2)14-21-26(24,25)19-10-7-17(8-11-19)9-12-20(23)22-18-6-4-5-16(3)13-18/h4-8,10-11,13,15,21H,9,12,14H2,1-3H3,(H,22,23). The van der Waals surface area contributed by atoms with Gasteiger partial charge in [-0.2, -0.15) is 0 Å². The van der Waals surface area contributed by atoms with Crippen LogP contribution in [0.2, 0.25) is 0 Å². The van der Waals surface area contributed by atoms with Gasteiger partial charge in [0.2, 0.25) is 15.9 Å². The van der Waals surface area contributed by atoms with Crippen LogP contribution >= 0.6 is 0 Å². The third kappa shape index (κ3) is 6.28. The van der Waals surface area contributed by atoms with Crippen LogP contribution in [0.25, 0.3) is 0 Å². The Morgan fingerprint density at radius 2 is 1.77 bits per heavy atom. The number of hydrogen-bond donors (Lipinski definition) is 2. The van der Waals surface area contributed by atoms with E-state index in [1.165, 1.54) is 0 Å². The summed E-state index contributed by atoms with van der Waals surface area (Å²) >= 11 is 0. The predicted octanol–water partition coefficient (Wildman–Crippen LogP) is 3.50. The molecule has 0 saturated heterocycles. The van der Waals surface area contributed by atoms with Crippen molar-refractivity contribution in [2.75, 3.05) is 11.9 Å². The molecule has 6 heteroatoms. The smallest absolute Gasteiger partial charge is 0.240 e. The van der Waals surface area contributed by atoms with Crippen molar-refractivity contribution < 1.29 is 13.2 Å². The molecule has 2 aromatic carbocycles. The summed E-state index contributed by atoms with van der Waals surface area (Å²) in [4.78, 5) is 12.3. The Labute approximate surface area is 155 Å². The number of amides is 1. The molecule has 1 amide bonds. The SMILES string of the molecule is Cc1cccc(NC(=O)CCc2ccc(S(=O)(=O)NCC(C)C)cc2)c1. The second-order valence-corrected chi connectivity index (χ2v) is 8.57. The monoisotopic (exact) mass is 374 g/mol. The fraction of sp³-hybridized carbons (Fsp3) is 0.350. The van der Waals surface area contributed by atoms with E-state index in [4.69, 9.17) is 0 Å². The maximum absolute atomic E-state index is 12.2. The van der Waals surface area contributed by atoms with Crippen LogP contribution in [-0.2, 0) is 21.2 Å². The molecule has 2 rings (SSSR count). The van der Waals surface area contributed by atoms with E-state index >= 15 is 0 Å². The number of benzene rings is 2. The van der Waals surface area contributed by atoms with Crippen molar-refractivity contribution in [2.24, 2.45) is 5.92 Å². The number of carbonyl (C=O) groups is 1. The van der Waals surface area contributed by atoms with E-state index in [0.29, 0.717) is 19.4 Å². The minimum absolute atomic E-state index is 0.0640. The topological polar surface area (TPSA) is 75.3 Å². The van der Waals surface area contributed by atoms with Crippen LogP contribution in [0.15, 0.2) is 53.4 Å². The molecule has 0 aromatic heterocycles. The van der Waals surface area contributed by atoms with Gasteiger partial charge < -0.3 is 5.32 Å². The molecule has 0 saturated carbocycles. The molecular formula is C20H26N2O3S. The number of hydrogen-bond acceptors (Lipinski definition) is 3. The summed E-state index contributed by atoms with van der Waals surface area (Å²) in [5, 5.41) is 2.87. The zero-order chi connectivity index (χ0) is 19.2. The van der Waals surface area contributed by atoms with E-state index in [1.807, 2.05) is 45.0 Å². The number of carbonyl (C=O) groups excluding carboxylic acids is 1. The van der Waals surface area contributed by atoms with Crippen molar-refractivity contribution >= 4 is 21.6 Å². The fourth-order valence-corrected chi connectivity index (χ4v) is 3.61. The molecule has 5 nitrogen and oxygen atoms in total. The first kappa shape index (κ1) is 20.1. The van der Waals surface area contributed by atoms with E-state index in [9.17, 15) is 13.2 Å². The summed E-state index contributed by atoms with van der Waals surface area (Å²) < 4.78 is 26.9. The van der Waals surface area contributed by atoms with E-state index in [-0.39, 0.29) is 16.7 Å². The Balaban J connectivity index is 1.90. The molecule has 0 aliphatic carbocycles. The Bertz CT molecular complexity index is 844. The average molecular weight is 375 g/mol. The third-order valence-corrected chi connectivity index (χ3v) is 5.30. The van der Waals surface area contributed by atoms with Crippen molar-refractivity contribution in [3.8, 4) is 0 Å². The molecular weight excluding hydrogens is 348 g/mol. The van der Waals surface area contributed by atoms with Crippen molar-refractivity contribution in [1.82, 2.24) is 4.72 Å². The average Bonchev–Trinajstić information content (AvgIpc) is 2.59. The predicted molar refractivity (Wildman–Crippen MR) is 105 cm³/mol. The Hall–Kier alpha value is -2.18. The number of sulfonamides is 1. The van der Waals surface area contributed by atoms with Crippen LogP contribution in [0.1, 0.15) is 31.4 Å². The van der Waals surface area contributed by atoms with Gasteiger partial charge in [-0.15, -0.1) is 0 Å². The summed E-state index contributed by atoms with van der Waals surface area (Å²) in [6.45, 7) is 6.28. The highest BCUT2D eigenvalue weighted by atomic mass is 32.2. The van der Waals surface area contributed by atoms with Crippen LogP contribution in [-0.4, -0.2) is 20.9 Å². The highest BCUT2D eigenvalue weighted by Gasteiger charge is 2.14. The number of nitrogens with one attached hydrogen (secondary N) is 2. The van der Waals surface area contributed by atoms with Gasteiger partial charge in [0.15, 0.2) is 0 Å². The van der Waals surface area contributed by atoms with Gasteiger partial charge in [0.1, 0.15) is 0 Å². The molecule has 26 heavy (non-hydrogen) atoms. The van der Waals surface area contributed by atoms with Gasteiger partial charge >= 0.3 is 0 Å². The van der Waals surface area contributed by atoms with Gasteiger partial charge in [-0.05, 0) is 54.7 Å². The first-order valence-corrected chi connectivity index (χ1v) is 10.2. The summed E-state index contributed by atoms with van der Waals surface area (Å²) in [6, 6.07) is 14.3. The Morgan fingerprint density at radius 3 is 2.38 bits per heavy atom. The van der Waals surface area contributed by atoms with Crippen molar-refractivity contribution in [1.29, 1.82) is 0 Å². The molecule has 0 bridgehead atoms. The van der Waals surface area contributed by atoms with Gasteiger partial charge in [-0.3, -0.25) is 4.79 Å². The highest BCUT2D eigenvalue weighted by Crippen LogP contribution is 2.14. The first-order valence-electron chi connectivity index (χ1n) is 8.71. The lowest BCUT2D eigenvalue weighted by atomic mass is 10.1. The van der Waals surface area contributed by atoms with Crippen LogP contribution in [0.4, 0.5) is 5.69 Å². The molecule has 0 heterocycles. The normalized spacial score (nSPS) is 11.5. The quantitative estimate of drug-likeness (QED) is 0.742. The molecule has 0 fully saturated rings. The summed E-state index contributed by atoms with van der Waals surface area (Å²) in [5.74, 6) is 0.182. The molecule has 140 valence electrons. The molecule has 0 spiro atoms. The lowest BCUT2D eigenvalue weighted by Gasteiger charge is -2.09. The Kier molecular flexibility index (Phi) is 6.94. The minimum Gasteiger partial charge on any atom is -0.326 e. The summed E-state index contributed by atoms with van der Waals surface area (Å²) in [7, 11) is -3.48.